The third-order valence-corrected chi connectivity index (χ3v) is 9.48. The molecule has 10 nitrogen and oxygen atoms in total. The summed E-state index contributed by atoms with van der Waals surface area (Å²) in [5.74, 6) is 5.69. The summed E-state index contributed by atoms with van der Waals surface area (Å²) >= 11 is 0. The number of methoxy groups -OCH3 is 4. The molecule has 0 aliphatic carbocycles. The maximum atomic E-state index is 7.11. The van der Waals surface area contributed by atoms with Gasteiger partial charge < -0.3 is 37.9 Å². The number of pyridine rings is 1. The van der Waals surface area contributed by atoms with Crippen LogP contribution in [-0.4, -0.2) is 58.7 Å². The second-order valence-electron chi connectivity index (χ2n) is 12.1. The molecule has 5 aromatic rings. The fourth-order valence-corrected chi connectivity index (χ4v) is 7.11. The van der Waals surface area contributed by atoms with E-state index in [0.29, 0.717) is 70.3 Å². The van der Waals surface area contributed by atoms with E-state index in [1.807, 2.05) is 36.4 Å². The lowest BCUT2D eigenvalue weighted by atomic mass is 9.87. The average molecular weight is 649 g/mol. The smallest absolute Gasteiger partial charge is 0.231 e. The van der Waals surface area contributed by atoms with Crippen LogP contribution in [0.1, 0.15) is 34.0 Å². The number of likely N-dealkylation sites (N-methyl/N-ethyl adjacent to an activating group) is 1. The molecule has 10 heteroatoms. The van der Waals surface area contributed by atoms with Crippen LogP contribution < -0.4 is 37.9 Å². The van der Waals surface area contributed by atoms with Crippen molar-refractivity contribution in [1.82, 2.24) is 9.88 Å². The molecular formula is C38H36N2O8. The minimum atomic E-state index is 0.00505. The molecule has 5 heterocycles. The summed E-state index contributed by atoms with van der Waals surface area (Å²) in [4.78, 5) is 7.23. The van der Waals surface area contributed by atoms with E-state index in [4.69, 9.17) is 42.9 Å². The molecule has 4 aromatic carbocycles. The number of nitrogens with zero attached hydrogens (tertiary/aromatic N) is 2. The highest BCUT2D eigenvalue weighted by molar-refractivity contribution is 6.01. The van der Waals surface area contributed by atoms with Gasteiger partial charge in [-0.05, 0) is 73.0 Å². The molecule has 1 atom stereocenters. The lowest BCUT2D eigenvalue weighted by molar-refractivity contribution is 0.169. The fraction of sp³-hybridized carbons (Fsp3) is 0.289. The Morgan fingerprint density at radius 1 is 0.750 bits per heavy atom. The van der Waals surface area contributed by atoms with Crippen molar-refractivity contribution in [3.63, 3.8) is 0 Å². The lowest BCUT2D eigenvalue weighted by Gasteiger charge is -2.36. The molecular weight excluding hydrogens is 612 g/mol. The third-order valence-electron chi connectivity index (χ3n) is 9.48. The van der Waals surface area contributed by atoms with Crippen molar-refractivity contribution in [2.24, 2.45) is 0 Å². The van der Waals surface area contributed by atoms with Crippen molar-refractivity contribution in [1.29, 1.82) is 0 Å². The molecule has 0 spiro atoms. The number of benzene rings is 4. The maximum absolute atomic E-state index is 7.11. The fourth-order valence-electron chi connectivity index (χ4n) is 7.11. The molecule has 0 radical (unpaired) electrons. The Hall–Kier alpha value is -5.35. The molecule has 8 bridgehead atoms. The van der Waals surface area contributed by atoms with Gasteiger partial charge in [-0.15, -0.1) is 0 Å². The van der Waals surface area contributed by atoms with Crippen LogP contribution in [0.2, 0.25) is 0 Å². The zero-order valence-corrected chi connectivity index (χ0v) is 27.5. The molecule has 9 rings (SSSR count). The highest BCUT2D eigenvalue weighted by Gasteiger charge is 2.35. The van der Waals surface area contributed by atoms with Gasteiger partial charge >= 0.3 is 0 Å². The Labute approximate surface area is 278 Å². The molecule has 4 aliphatic rings. The van der Waals surface area contributed by atoms with Crippen molar-refractivity contribution >= 4 is 10.8 Å². The number of fused-ring (bicyclic) bond motifs is 3. The Morgan fingerprint density at radius 2 is 1.52 bits per heavy atom. The van der Waals surface area contributed by atoms with E-state index in [0.717, 1.165) is 51.7 Å². The number of aromatic nitrogens is 1. The van der Waals surface area contributed by atoms with Gasteiger partial charge in [0, 0.05) is 36.2 Å². The predicted octanol–water partition coefficient (Wildman–Crippen LogP) is 7.26. The summed E-state index contributed by atoms with van der Waals surface area (Å²) in [5, 5.41) is 1.57. The number of rotatable bonds is 4. The molecule has 0 amide bonds. The molecule has 246 valence electrons. The van der Waals surface area contributed by atoms with Gasteiger partial charge in [0.25, 0.3) is 0 Å². The van der Waals surface area contributed by atoms with Gasteiger partial charge in [0.05, 0.1) is 39.5 Å². The van der Waals surface area contributed by atoms with Gasteiger partial charge in [-0.25, -0.2) is 0 Å². The Morgan fingerprint density at radius 3 is 2.29 bits per heavy atom. The Bertz CT molecular complexity index is 2040. The van der Waals surface area contributed by atoms with Gasteiger partial charge in [-0.2, -0.15) is 0 Å². The highest BCUT2D eigenvalue weighted by Crippen LogP contribution is 2.57. The Kier molecular flexibility index (Phi) is 7.52. The van der Waals surface area contributed by atoms with Crippen LogP contribution in [0.3, 0.4) is 0 Å². The van der Waals surface area contributed by atoms with Crippen LogP contribution >= 0.6 is 0 Å². The molecule has 1 unspecified atom stereocenters. The maximum Gasteiger partial charge on any atom is 0.231 e. The monoisotopic (exact) mass is 648 g/mol. The molecule has 0 fully saturated rings. The molecule has 0 saturated carbocycles. The molecule has 4 aliphatic heterocycles. The van der Waals surface area contributed by atoms with Crippen LogP contribution in [-0.2, 0) is 19.3 Å². The van der Waals surface area contributed by atoms with E-state index < -0.39 is 0 Å². The summed E-state index contributed by atoms with van der Waals surface area (Å²) in [7, 11) is 8.71. The van der Waals surface area contributed by atoms with Crippen LogP contribution in [0.4, 0.5) is 0 Å². The minimum absolute atomic E-state index is 0.00505. The first kappa shape index (κ1) is 30.0. The second-order valence-corrected chi connectivity index (χ2v) is 12.1. The zero-order chi connectivity index (χ0) is 32.9. The highest BCUT2D eigenvalue weighted by atomic mass is 16.7. The number of hydrogen-bond acceptors (Lipinski definition) is 10. The van der Waals surface area contributed by atoms with E-state index in [-0.39, 0.29) is 12.8 Å². The quantitative estimate of drug-likeness (QED) is 0.198. The first-order valence-electron chi connectivity index (χ1n) is 15.9. The second kappa shape index (κ2) is 12.0. The van der Waals surface area contributed by atoms with Crippen molar-refractivity contribution in [2.75, 3.05) is 48.8 Å². The Balaban J connectivity index is 1.43. The van der Waals surface area contributed by atoms with Gasteiger partial charge in [-0.3, -0.25) is 9.88 Å². The molecule has 48 heavy (non-hydrogen) atoms. The molecule has 0 N–H and O–H groups in total. The van der Waals surface area contributed by atoms with E-state index in [9.17, 15) is 0 Å². The number of hydrogen-bond donors (Lipinski definition) is 0. The summed E-state index contributed by atoms with van der Waals surface area (Å²) in [6.07, 6.45) is 3.74. The SMILES string of the molecule is COc1ccc2cc1Oc1ccc(cc1)Cc1nccc3c(OC)c4c(c(c13)Oc1c3c(cc(OC)c1OC)C(C2)N(C)CC3)OCO4. The normalized spacial score (nSPS) is 16.4. The van der Waals surface area contributed by atoms with Crippen molar-refractivity contribution in [2.45, 2.75) is 25.3 Å². The first-order chi connectivity index (χ1) is 23.5. The minimum Gasteiger partial charge on any atom is -0.493 e. The average Bonchev–Trinajstić information content (AvgIpc) is 3.60. The van der Waals surface area contributed by atoms with Gasteiger partial charge in [0.15, 0.2) is 34.5 Å². The van der Waals surface area contributed by atoms with E-state index in [1.54, 1.807) is 34.6 Å². The van der Waals surface area contributed by atoms with Crippen LogP contribution in [0.15, 0.2) is 60.8 Å². The topological polar surface area (TPSA) is 90.0 Å². The summed E-state index contributed by atoms with van der Waals surface area (Å²) in [5.41, 5.74) is 5.06. The van der Waals surface area contributed by atoms with Crippen molar-refractivity contribution in [3.05, 3.63) is 88.7 Å². The zero-order valence-electron chi connectivity index (χ0n) is 27.5. The predicted molar refractivity (Wildman–Crippen MR) is 179 cm³/mol. The van der Waals surface area contributed by atoms with Crippen molar-refractivity contribution in [3.8, 4) is 57.5 Å². The summed E-state index contributed by atoms with van der Waals surface area (Å²) in [6.45, 7) is 0.843. The lowest BCUT2D eigenvalue weighted by Crippen LogP contribution is -2.33. The molecule has 0 saturated heterocycles. The summed E-state index contributed by atoms with van der Waals surface area (Å²) < 4.78 is 49.2. The van der Waals surface area contributed by atoms with Crippen LogP contribution in [0.25, 0.3) is 10.8 Å². The third kappa shape index (κ3) is 4.86. The standard InChI is InChI=1S/C38H36N2O8/c1-40-15-13-24-26-19-31(42-3)35(44-5)34(24)48-36-32-25(33(43-4)37-38(36)46-20-45-37)12-14-39-27(32)16-21-6-9-23(10-7-21)47-30-18-22(17-28(26)40)8-11-29(30)41-2/h6-12,14,18-19,28H,13,15-17,20H2,1-5H3. The number of ether oxygens (including phenoxy) is 8. The molecule has 1 aromatic heterocycles. The van der Waals surface area contributed by atoms with Crippen LogP contribution in [0, 0.1) is 0 Å². The summed E-state index contributed by atoms with van der Waals surface area (Å²) in [6, 6.07) is 18.1. The first-order valence-corrected chi connectivity index (χ1v) is 15.9. The van der Waals surface area contributed by atoms with Gasteiger partial charge in [0.2, 0.25) is 24.0 Å². The van der Waals surface area contributed by atoms with Gasteiger partial charge in [0.1, 0.15) is 5.75 Å². The van der Waals surface area contributed by atoms with Gasteiger partial charge in [-0.1, -0.05) is 18.2 Å². The van der Waals surface area contributed by atoms with E-state index >= 15 is 0 Å². The van der Waals surface area contributed by atoms with E-state index in [2.05, 4.69) is 30.1 Å². The van der Waals surface area contributed by atoms with Crippen molar-refractivity contribution < 1.29 is 37.9 Å². The largest absolute Gasteiger partial charge is 0.493 e. The van der Waals surface area contributed by atoms with E-state index in [1.165, 1.54) is 0 Å². The van der Waals surface area contributed by atoms with Crippen LogP contribution in [0.5, 0.6) is 57.5 Å².